The Morgan fingerprint density at radius 1 is 0.920 bits per heavy atom. The summed E-state index contributed by atoms with van der Waals surface area (Å²) in [7, 11) is 0. The molecule has 0 saturated carbocycles. The predicted molar refractivity (Wildman–Crippen MR) is 100 cm³/mol. The summed E-state index contributed by atoms with van der Waals surface area (Å²) in [6.07, 6.45) is 12.5. The molecule has 0 saturated heterocycles. The van der Waals surface area contributed by atoms with E-state index in [0.717, 1.165) is 43.4 Å². The molecule has 136 valence electrons. The number of hydrogen-bond donors (Lipinski definition) is 0. The molecule has 0 aliphatic heterocycles. The van der Waals surface area contributed by atoms with Crippen LogP contribution in [0.1, 0.15) is 64.5 Å². The lowest BCUT2D eigenvalue weighted by Crippen LogP contribution is -2.00. The lowest BCUT2D eigenvalue weighted by Gasteiger charge is -2.09. The number of rotatable bonds is 11. The zero-order valence-electron chi connectivity index (χ0n) is 15.4. The maximum absolute atomic E-state index is 14.2. The van der Waals surface area contributed by atoms with Crippen molar-refractivity contribution in [2.45, 2.75) is 65.2 Å². The van der Waals surface area contributed by atoms with Crippen LogP contribution in [0.5, 0.6) is 5.75 Å². The number of halogens is 1. The van der Waals surface area contributed by atoms with E-state index in [9.17, 15) is 4.39 Å². The third kappa shape index (κ3) is 6.45. The highest BCUT2D eigenvalue weighted by atomic mass is 19.1. The van der Waals surface area contributed by atoms with Crippen molar-refractivity contribution in [1.29, 1.82) is 0 Å². The van der Waals surface area contributed by atoms with E-state index in [0.29, 0.717) is 18.1 Å². The third-order valence-electron chi connectivity index (χ3n) is 4.22. The Morgan fingerprint density at radius 2 is 1.72 bits per heavy atom. The standard InChI is InChI=1S/C21H29FN2O/c1-3-5-7-8-9-13-25-21-12-11-17(14-19(21)22)20-16-23-18(15-24-20)10-6-4-2/h11-12,14-16H,3-10,13H2,1-2H3. The highest BCUT2D eigenvalue weighted by Crippen LogP contribution is 2.24. The summed E-state index contributed by atoms with van der Waals surface area (Å²) in [5, 5.41) is 0. The first kappa shape index (κ1) is 19.4. The van der Waals surface area contributed by atoms with Crippen LogP contribution in [0.2, 0.25) is 0 Å². The van der Waals surface area contributed by atoms with Crippen molar-refractivity contribution in [1.82, 2.24) is 9.97 Å². The lowest BCUT2D eigenvalue weighted by atomic mass is 10.1. The van der Waals surface area contributed by atoms with Crippen molar-refractivity contribution in [3.8, 4) is 17.0 Å². The normalized spacial score (nSPS) is 10.8. The molecule has 3 nitrogen and oxygen atoms in total. The van der Waals surface area contributed by atoms with Crippen molar-refractivity contribution >= 4 is 0 Å². The van der Waals surface area contributed by atoms with Gasteiger partial charge in [-0.15, -0.1) is 0 Å². The molecule has 0 amide bonds. The Morgan fingerprint density at radius 3 is 2.40 bits per heavy atom. The van der Waals surface area contributed by atoms with E-state index in [1.165, 1.54) is 25.3 Å². The first-order valence-electron chi connectivity index (χ1n) is 9.48. The molecule has 1 aromatic carbocycles. The van der Waals surface area contributed by atoms with Gasteiger partial charge in [0.25, 0.3) is 0 Å². The summed E-state index contributed by atoms with van der Waals surface area (Å²) in [5.41, 5.74) is 2.39. The van der Waals surface area contributed by atoms with Crippen LogP contribution in [0.4, 0.5) is 4.39 Å². The molecule has 0 spiro atoms. The number of aryl methyl sites for hydroxylation is 1. The molecule has 0 N–H and O–H groups in total. The molecular weight excluding hydrogens is 315 g/mol. The van der Waals surface area contributed by atoms with Crippen LogP contribution < -0.4 is 4.74 Å². The molecule has 0 bridgehead atoms. The van der Waals surface area contributed by atoms with Crippen LogP contribution in [0, 0.1) is 5.82 Å². The Labute approximate surface area is 150 Å². The minimum absolute atomic E-state index is 0.312. The Kier molecular flexibility index (Phi) is 8.36. The smallest absolute Gasteiger partial charge is 0.165 e. The molecule has 0 aliphatic carbocycles. The van der Waals surface area contributed by atoms with E-state index in [1.54, 1.807) is 18.5 Å². The predicted octanol–water partition coefficient (Wildman–Crippen LogP) is 5.97. The minimum Gasteiger partial charge on any atom is -0.491 e. The van der Waals surface area contributed by atoms with Crippen molar-refractivity contribution in [2.24, 2.45) is 0 Å². The van der Waals surface area contributed by atoms with Gasteiger partial charge in [0.15, 0.2) is 11.6 Å². The van der Waals surface area contributed by atoms with Crippen molar-refractivity contribution in [2.75, 3.05) is 6.61 Å². The van der Waals surface area contributed by atoms with E-state index in [-0.39, 0.29) is 5.82 Å². The van der Waals surface area contributed by atoms with Crippen LogP contribution >= 0.6 is 0 Å². The van der Waals surface area contributed by atoms with Crippen LogP contribution in [0.3, 0.4) is 0 Å². The Hall–Kier alpha value is -1.97. The SMILES string of the molecule is CCCCCCCOc1ccc(-c2cnc(CCCC)cn2)cc1F. The Bertz CT molecular complexity index is 628. The van der Waals surface area contributed by atoms with Gasteiger partial charge in [-0.2, -0.15) is 0 Å². The molecule has 1 heterocycles. The first-order chi connectivity index (χ1) is 12.2. The maximum atomic E-state index is 14.2. The van der Waals surface area contributed by atoms with Gasteiger partial charge in [0.05, 0.1) is 24.2 Å². The quantitative estimate of drug-likeness (QED) is 0.471. The summed E-state index contributed by atoms with van der Waals surface area (Å²) in [5.74, 6) is -0.0327. The van der Waals surface area contributed by atoms with Crippen molar-refractivity contribution in [3.05, 3.63) is 42.1 Å². The van der Waals surface area contributed by atoms with Gasteiger partial charge in [-0.1, -0.05) is 46.0 Å². The zero-order chi connectivity index (χ0) is 17.9. The molecule has 0 unspecified atom stereocenters. The minimum atomic E-state index is -0.345. The fraction of sp³-hybridized carbons (Fsp3) is 0.524. The number of aromatic nitrogens is 2. The van der Waals surface area contributed by atoms with E-state index in [4.69, 9.17) is 4.74 Å². The summed E-state index contributed by atoms with van der Waals surface area (Å²) in [4.78, 5) is 8.82. The van der Waals surface area contributed by atoms with Crippen molar-refractivity contribution < 1.29 is 9.13 Å². The van der Waals surface area contributed by atoms with Crippen LogP contribution in [0.15, 0.2) is 30.6 Å². The molecule has 25 heavy (non-hydrogen) atoms. The van der Waals surface area contributed by atoms with Crippen molar-refractivity contribution in [3.63, 3.8) is 0 Å². The molecular formula is C21H29FN2O. The van der Waals surface area contributed by atoms with Crippen LogP contribution in [-0.4, -0.2) is 16.6 Å². The number of ether oxygens (including phenoxy) is 1. The van der Waals surface area contributed by atoms with Gasteiger partial charge in [-0.25, -0.2) is 4.39 Å². The van der Waals surface area contributed by atoms with Crippen LogP contribution in [0.25, 0.3) is 11.3 Å². The monoisotopic (exact) mass is 344 g/mol. The van der Waals surface area contributed by atoms with E-state index in [2.05, 4.69) is 23.8 Å². The summed E-state index contributed by atoms with van der Waals surface area (Å²) >= 11 is 0. The number of unbranched alkanes of at least 4 members (excludes halogenated alkanes) is 5. The topological polar surface area (TPSA) is 35.0 Å². The van der Waals surface area contributed by atoms with E-state index < -0.39 is 0 Å². The third-order valence-corrected chi connectivity index (χ3v) is 4.22. The molecule has 0 atom stereocenters. The largest absolute Gasteiger partial charge is 0.491 e. The van der Waals surface area contributed by atoms with Gasteiger partial charge >= 0.3 is 0 Å². The second-order valence-electron chi connectivity index (χ2n) is 6.40. The second kappa shape index (κ2) is 10.8. The molecule has 0 aliphatic rings. The molecule has 0 fully saturated rings. The molecule has 2 aromatic rings. The molecule has 1 aromatic heterocycles. The highest BCUT2D eigenvalue weighted by molar-refractivity contribution is 5.59. The average molecular weight is 344 g/mol. The van der Waals surface area contributed by atoms with Gasteiger partial charge in [-0.05, 0) is 37.5 Å². The molecule has 2 rings (SSSR count). The fourth-order valence-corrected chi connectivity index (χ4v) is 2.66. The number of nitrogens with zero attached hydrogens (tertiary/aromatic N) is 2. The lowest BCUT2D eigenvalue weighted by molar-refractivity contribution is 0.290. The first-order valence-corrected chi connectivity index (χ1v) is 9.48. The highest BCUT2D eigenvalue weighted by Gasteiger charge is 2.08. The van der Waals surface area contributed by atoms with Gasteiger partial charge in [-0.3, -0.25) is 9.97 Å². The van der Waals surface area contributed by atoms with E-state index in [1.807, 2.05) is 6.07 Å². The summed E-state index contributed by atoms with van der Waals surface area (Å²) in [6.45, 7) is 4.90. The Balaban J connectivity index is 1.90. The maximum Gasteiger partial charge on any atom is 0.165 e. The summed E-state index contributed by atoms with van der Waals surface area (Å²) in [6, 6.07) is 5.00. The van der Waals surface area contributed by atoms with Gasteiger partial charge in [0.1, 0.15) is 0 Å². The second-order valence-corrected chi connectivity index (χ2v) is 6.40. The summed E-state index contributed by atoms with van der Waals surface area (Å²) < 4.78 is 19.8. The van der Waals surface area contributed by atoms with Gasteiger partial charge < -0.3 is 4.74 Å². The van der Waals surface area contributed by atoms with Crippen LogP contribution in [-0.2, 0) is 6.42 Å². The van der Waals surface area contributed by atoms with Gasteiger partial charge in [0, 0.05) is 11.8 Å². The molecule has 4 heteroatoms. The average Bonchev–Trinajstić information content (AvgIpc) is 2.64. The molecule has 0 radical (unpaired) electrons. The zero-order valence-corrected chi connectivity index (χ0v) is 15.4. The van der Waals surface area contributed by atoms with Gasteiger partial charge in [0.2, 0.25) is 0 Å². The number of benzene rings is 1. The van der Waals surface area contributed by atoms with E-state index >= 15 is 0 Å². The number of hydrogen-bond acceptors (Lipinski definition) is 3. The fourth-order valence-electron chi connectivity index (χ4n) is 2.66.